The van der Waals surface area contributed by atoms with Crippen LogP contribution in [0.2, 0.25) is 0 Å². The number of sulfonamides is 2. The SMILES string of the molecule is CC(C)NS(=O)(=O)c1ccc(NC(=O)C2CCCN2S(C)(=O)=O)cc1. The van der Waals surface area contributed by atoms with Gasteiger partial charge in [0.2, 0.25) is 26.0 Å². The largest absolute Gasteiger partial charge is 0.325 e. The number of hydrogen-bond donors (Lipinski definition) is 2. The van der Waals surface area contributed by atoms with Crippen LogP contribution in [0.4, 0.5) is 5.69 Å². The molecule has 1 saturated heterocycles. The van der Waals surface area contributed by atoms with E-state index in [9.17, 15) is 21.6 Å². The predicted molar refractivity (Wildman–Crippen MR) is 95.1 cm³/mol. The van der Waals surface area contributed by atoms with E-state index in [1.807, 2.05) is 0 Å². The molecule has 1 unspecified atom stereocenters. The summed E-state index contributed by atoms with van der Waals surface area (Å²) in [5.74, 6) is -0.418. The summed E-state index contributed by atoms with van der Waals surface area (Å²) < 4.78 is 51.2. The lowest BCUT2D eigenvalue weighted by atomic mass is 10.2. The summed E-state index contributed by atoms with van der Waals surface area (Å²) in [5.41, 5.74) is 0.411. The fourth-order valence-corrected chi connectivity index (χ4v) is 5.10. The summed E-state index contributed by atoms with van der Waals surface area (Å²) in [6.45, 7) is 3.78. The molecule has 25 heavy (non-hydrogen) atoms. The summed E-state index contributed by atoms with van der Waals surface area (Å²) in [4.78, 5) is 12.4. The van der Waals surface area contributed by atoms with Crippen LogP contribution in [0.25, 0.3) is 0 Å². The van der Waals surface area contributed by atoms with E-state index >= 15 is 0 Å². The van der Waals surface area contributed by atoms with Crippen molar-refractivity contribution >= 4 is 31.6 Å². The third kappa shape index (κ3) is 5.00. The van der Waals surface area contributed by atoms with Gasteiger partial charge in [0.05, 0.1) is 11.2 Å². The molecule has 1 aliphatic heterocycles. The first-order valence-corrected chi connectivity index (χ1v) is 11.2. The summed E-state index contributed by atoms with van der Waals surface area (Å²) >= 11 is 0. The fraction of sp³-hybridized carbons (Fsp3) is 0.533. The van der Waals surface area contributed by atoms with Crippen molar-refractivity contribution < 1.29 is 21.6 Å². The molecule has 1 aromatic carbocycles. The van der Waals surface area contributed by atoms with Gasteiger partial charge < -0.3 is 5.32 Å². The van der Waals surface area contributed by atoms with Gasteiger partial charge in [-0.25, -0.2) is 21.6 Å². The fourth-order valence-electron chi connectivity index (χ4n) is 2.72. The smallest absolute Gasteiger partial charge is 0.242 e. The van der Waals surface area contributed by atoms with Crippen molar-refractivity contribution in [1.29, 1.82) is 0 Å². The average molecular weight is 389 g/mol. The van der Waals surface area contributed by atoms with Gasteiger partial charge in [-0.1, -0.05) is 0 Å². The molecule has 1 fully saturated rings. The third-order valence-electron chi connectivity index (χ3n) is 3.76. The lowest BCUT2D eigenvalue weighted by molar-refractivity contribution is -0.119. The second-order valence-corrected chi connectivity index (χ2v) is 9.97. The Bertz CT molecular complexity index is 832. The first-order chi connectivity index (χ1) is 11.5. The van der Waals surface area contributed by atoms with E-state index < -0.39 is 32.0 Å². The monoisotopic (exact) mass is 389 g/mol. The standard InChI is InChI=1S/C15H23N3O5S2/c1-11(2)17-25(22,23)13-8-6-12(7-9-13)16-15(19)14-5-4-10-18(14)24(3,20)21/h6-9,11,14,17H,4-5,10H2,1-3H3,(H,16,19). The number of carbonyl (C=O) groups excluding carboxylic acids is 1. The van der Waals surface area contributed by atoms with E-state index in [2.05, 4.69) is 10.0 Å². The maximum atomic E-state index is 12.4. The van der Waals surface area contributed by atoms with Crippen molar-refractivity contribution in [2.45, 2.75) is 43.7 Å². The van der Waals surface area contributed by atoms with Crippen LogP contribution in [0.1, 0.15) is 26.7 Å². The number of nitrogens with zero attached hydrogens (tertiary/aromatic N) is 1. The maximum Gasteiger partial charge on any atom is 0.242 e. The summed E-state index contributed by atoms with van der Waals surface area (Å²) in [5, 5.41) is 2.65. The van der Waals surface area contributed by atoms with Gasteiger partial charge in [-0.05, 0) is 51.0 Å². The normalized spacial score (nSPS) is 19.3. The maximum absolute atomic E-state index is 12.4. The molecule has 8 nitrogen and oxygen atoms in total. The van der Waals surface area contributed by atoms with Crippen molar-refractivity contribution in [2.24, 2.45) is 0 Å². The Morgan fingerprint density at radius 1 is 1.16 bits per heavy atom. The Labute approximate surface area is 148 Å². The topological polar surface area (TPSA) is 113 Å². The molecule has 0 saturated carbocycles. The van der Waals surface area contributed by atoms with E-state index in [1.54, 1.807) is 13.8 Å². The quantitative estimate of drug-likeness (QED) is 0.745. The van der Waals surface area contributed by atoms with Crippen LogP contribution in [0, 0.1) is 0 Å². The van der Waals surface area contributed by atoms with Gasteiger partial charge in [-0.3, -0.25) is 4.79 Å². The van der Waals surface area contributed by atoms with Gasteiger partial charge in [-0.2, -0.15) is 4.31 Å². The van der Waals surface area contributed by atoms with E-state index in [1.165, 1.54) is 28.6 Å². The van der Waals surface area contributed by atoms with Crippen LogP contribution in [0.15, 0.2) is 29.2 Å². The lowest BCUT2D eigenvalue weighted by Crippen LogP contribution is -2.42. The number of benzene rings is 1. The minimum absolute atomic E-state index is 0.0952. The first-order valence-electron chi connectivity index (χ1n) is 7.91. The van der Waals surface area contributed by atoms with Gasteiger partial charge in [-0.15, -0.1) is 0 Å². The summed E-state index contributed by atoms with van der Waals surface area (Å²) in [6.07, 6.45) is 2.17. The van der Waals surface area contributed by atoms with Crippen LogP contribution in [-0.4, -0.2) is 51.9 Å². The molecule has 2 N–H and O–H groups in total. The highest BCUT2D eigenvalue weighted by molar-refractivity contribution is 7.89. The molecule has 1 amide bonds. The number of anilines is 1. The Morgan fingerprint density at radius 2 is 1.76 bits per heavy atom. The average Bonchev–Trinajstić information content (AvgIpc) is 2.96. The zero-order valence-electron chi connectivity index (χ0n) is 14.4. The number of hydrogen-bond acceptors (Lipinski definition) is 5. The molecule has 0 radical (unpaired) electrons. The van der Waals surface area contributed by atoms with E-state index in [0.717, 1.165) is 6.26 Å². The van der Waals surface area contributed by atoms with Gasteiger partial charge in [0, 0.05) is 18.3 Å². The number of nitrogens with one attached hydrogen (secondary N) is 2. The Balaban J connectivity index is 2.10. The second-order valence-electron chi connectivity index (χ2n) is 6.32. The van der Waals surface area contributed by atoms with Gasteiger partial charge >= 0.3 is 0 Å². The highest BCUT2D eigenvalue weighted by Crippen LogP contribution is 2.22. The molecule has 10 heteroatoms. The van der Waals surface area contributed by atoms with Crippen molar-refractivity contribution in [3.05, 3.63) is 24.3 Å². The lowest BCUT2D eigenvalue weighted by Gasteiger charge is -2.21. The number of rotatable bonds is 6. The van der Waals surface area contributed by atoms with E-state index in [-0.39, 0.29) is 10.9 Å². The molecule has 0 bridgehead atoms. The minimum Gasteiger partial charge on any atom is -0.325 e. The zero-order chi connectivity index (χ0) is 18.8. The number of carbonyl (C=O) groups is 1. The molecule has 1 aromatic rings. The molecule has 0 aromatic heterocycles. The van der Waals surface area contributed by atoms with Crippen molar-refractivity contribution in [3.63, 3.8) is 0 Å². The molecule has 140 valence electrons. The zero-order valence-corrected chi connectivity index (χ0v) is 16.0. The van der Waals surface area contributed by atoms with Gasteiger partial charge in [0.25, 0.3) is 0 Å². The van der Waals surface area contributed by atoms with Crippen molar-refractivity contribution in [3.8, 4) is 0 Å². The molecule has 0 aliphatic carbocycles. The van der Waals surface area contributed by atoms with E-state index in [0.29, 0.717) is 25.1 Å². The molecule has 0 spiro atoms. The predicted octanol–water partition coefficient (Wildman–Crippen LogP) is 0.736. The molecule has 1 aliphatic rings. The Kier molecular flexibility index (Phi) is 5.87. The molecule has 1 heterocycles. The highest BCUT2D eigenvalue weighted by atomic mass is 32.2. The van der Waals surface area contributed by atoms with Crippen molar-refractivity contribution in [2.75, 3.05) is 18.1 Å². The number of amides is 1. The van der Waals surface area contributed by atoms with Crippen molar-refractivity contribution in [1.82, 2.24) is 9.03 Å². The molecule has 2 rings (SSSR count). The second kappa shape index (κ2) is 7.40. The Morgan fingerprint density at radius 3 is 2.28 bits per heavy atom. The van der Waals surface area contributed by atoms with E-state index in [4.69, 9.17) is 0 Å². The van der Waals surface area contributed by atoms with Crippen LogP contribution in [0.5, 0.6) is 0 Å². The third-order valence-corrected chi connectivity index (χ3v) is 6.72. The highest BCUT2D eigenvalue weighted by Gasteiger charge is 2.36. The molecule has 1 atom stereocenters. The van der Waals surface area contributed by atoms with Crippen LogP contribution in [-0.2, 0) is 24.8 Å². The van der Waals surface area contributed by atoms with Crippen LogP contribution >= 0.6 is 0 Å². The summed E-state index contributed by atoms with van der Waals surface area (Å²) in [6, 6.07) is 4.78. The first kappa shape index (κ1) is 19.8. The van der Waals surface area contributed by atoms with Gasteiger partial charge in [0.1, 0.15) is 6.04 Å². The minimum atomic E-state index is -3.60. The van der Waals surface area contributed by atoms with Crippen LogP contribution in [0.3, 0.4) is 0 Å². The summed E-state index contributed by atoms with van der Waals surface area (Å²) in [7, 11) is -7.04. The van der Waals surface area contributed by atoms with Crippen LogP contribution < -0.4 is 10.0 Å². The van der Waals surface area contributed by atoms with Gasteiger partial charge in [0.15, 0.2) is 0 Å². The molecular formula is C15H23N3O5S2. The molecular weight excluding hydrogens is 366 g/mol. The Hall–Kier alpha value is -1.49.